The maximum atomic E-state index is 12.6. The lowest BCUT2D eigenvalue weighted by atomic mass is 10.1. The van der Waals surface area contributed by atoms with Crippen molar-refractivity contribution < 1.29 is 14.3 Å². The van der Waals surface area contributed by atoms with Crippen molar-refractivity contribution in [1.82, 2.24) is 20.1 Å². The Kier molecular flexibility index (Phi) is 6.51. The molecule has 0 radical (unpaired) electrons. The number of aryl methyl sites for hydroxylation is 3. The van der Waals surface area contributed by atoms with Crippen molar-refractivity contribution in [2.45, 2.75) is 32.5 Å². The van der Waals surface area contributed by atoms with Gasteiger partial charge in [-0.25, -0.2) is 9.67 Å². The Bertz CT molecular complexity index is 981. The quantitative estimate of drug-likeness (QED) is 0.622. The molecule has 7 heteroatoms. The molecule has 156 valence electrons. The van der Waals surface area contributed by atoms with E-state index in [-0.39, 0.29) is 18.0 Å². The number of nitrogens with zero attached hydrogens (tertiary/aromatic N) is 3. The van der Waals surface area contributed by atoms with Crippen molar-refractivity contribution >= 4 is 5.91 Å². The molecule has 1 aliphatic heterocycles. The number of carbonyl (C=O) groups excluding carboxylic acids is 1. The van der Waals surface area contributed by atoms with Crippen molar-refractivity contribution in [3.63, 3.8) is 0 Å². The van der Waals surface area contributed by atoms with E-state index in [4.69, 9.17) is 9.47 Å². The minimum Gasteiger partial charge on any atom is -0.350 e. The first-order valence-electron chi connectivity index (χ1n) is 10.3. The number of rotatable bonds is 8. The van der Waals surface area contributed by atoms with Gasteiger partial charge >= 0.3 is 0 Å². The molecular formula is C23H26N4O3. The van der Waals surface area contributed by atoms with Crippen molar-refractivity contribution in [1.29, 1.82) is 0 Å². The fraction of sp³-hybridized carbons (Fsp3) is 0.348. The summed E-state index contributed by atoms with van der Waals surface area (Å²) >= 11 is 0. The van der Waals surface area contributed by atoms with Crippen molar-refractivity contribution in [3.05, 3.63) is 77.4 Å². The highest BCUT2D eigenvalue weighted by atomic mass is 16.7. The third-order valence-electron chi connectivity index (χ3n) is 4.96. The number of hydrogen-bond acceptors (Lipinski definition) is 5. The summed E-state index contributed by atoms with van der Waals surface area (Å²) in [6, 6.07) is 18.3. The molecule has 2 heterocycles. The van der Waals surface area contributed by atoms with E-state index >= 15 is 0 Å². The van der Waals surface area contributed by atoms with E-state index in [0.29, 0.717) is 32.6 Å². The standard InChI is InChI=1S/C23H26N4O3/c1-17-6-5-9-19(16-17)27-20(11-10-18-7-3-2-4-8-18)25-22(26-27)23(28)24-13-12-21-29-14-15-30-21/h2-9,16,21H,10-15H2,1H3,(H,24,28). The molecule has 0 aliphatic carbocycles. The summed E-state index contributed by atoms with van der Waals surface area (Å²) in [5, 5.41) is 7.38. The van der Waals surface area contributed by atoms with Crippen LogP contribution < -0.4 is 5.32 Å². The van der Waals surface area contributed by atoms with E-state index in [1.54, 1.807) is 4.68 Å². The van der Waals surface area contributed by atoms with E-state index in [2.05, 4.69) is 27.5 Å². The van der Waals surface area contributed by atoms with Crippen molar-refractivity contribution in [3.8, 4) is 5.69 Å². The number of amides is 1. The first kappa shape index (κ1) is 20.3. The molecule has 0 saturated carbocycles. The van der Waals surface area contributed by atoms with E-state index in [0.717, 1.165) is 23.5 Å². The smallest absolute Gasteiger partial charge is 0.290 e. The van der Waals surface area contributed by atoms with Crippen LogP contribution in [-0.4, -0.2) is 46.7 Å². The molecule has 1 aromatic heterocycles. The van der Waals surface area contributed by atoms with Crippen LogP contribution in [0.3, 0.4) is 0 Å². The van der Waals surface area contributed by atoms with Gasteiger partial charge in [0.1, 0.15) is 5.82 Å². The molecule has 1 fully saturated rings. The number of benzene rings is 2. The third kappa shape index (κ3) is 5.11. The summed E-state index contributed by atoms with van der Waals surface area (Å²) in [4.78, 5) is 17.2. The summed E-state index contributed by atoms with van der Waals surface area (Å²) in [6.07, 6.45) is 1.86. The molecule has 1 aliphatic rings. The van der Waals surface area contributed by atoms with Gasteiger partial charge in [-0.15, -0.1) is 5.10 Å². The van der Waals surface area contributed by atoms with Crippen LogP contribution in [0.25, 0.3) is 5.69 Å². The lowest BCUT2D eigenvalue weighted by molar-refractivity contribution is -0.0455. The van der Waals surface area contributed by atoms with E-state index in [1.165, 1.54) is 5.56 Å². The van der Waals surface area contributed by atoms with E-state index in [9.17, 15) is 4.79 Å². The second kappa shape index (κ2) is 9.65. The average Bonchev–Trinajstić information content (AvgIpc) is 3.43. The summed E-state index contributed by atoms with van der Waals surface area (Å²) in [5.41, 5.74) is 3.25. The van der Waals surface area contributed by atoms with Crippen molar-refractivity contribution in [2.75, 3.05) is 19.8 Å². The Hall–Kier alpha value is -3.03. The molecular weight excluding hydrogens is 380 g/mol. The van der Waals surface area contributed by atoms with Crippen LogP contribution in [0.4, 0.5) is 0 Å². The van der Waals surface area contributed by atoms with Gasteiger partial charge < -0.3 is 14.8 Å². The highest BCUT2D eigenvalue weighted by Gasteiger charge is 2.19. The Balaban J connectivity index is 1.49. The van der Waals surface area contributed by atoms with Crippen LogP contribution in [0.5, 0.6) is 0 Å². The zero-order chi connectivity index (χ0) is 20.8. The number of ether oxygens (including phenoxy) is 2. The Morgan fingerprint density at radius 1 is 1.10 bits per heavy atom. The van der Waals surface area contributed by atoms with Gasteiger partial charge in [0, 0.05) is 19.4 Å². The van der Waals surface area contributed by atoms with Crippen LogP contribution in [0.1, 0.15) is 34.0 Å². The molecule has 0 bridgehead atoms. The summed E-state index contributed by atoms with van der Waals surface area (Å²) in [6.45, 7) is 3.68. The van der Waals surface area contributed by atoms with E-state index < -0.39 is 0 Å². The molecule has 1 saturated heterocycles. The Labute approximate surface area is 176 Å². The molecule has 0 unspecified atom stereocenters. The molecule has 1 N–H and O–H groups in total. The maximum absolute atomic E-state index is 12.6. The molecule has 30 heavy (non-hydrogen) atoms. The topological polar surface area (TPSA) is 78.3 Å². The van der Waals surface area contributed by atoms with Crippen LogP contribution in [-0.2, 0) is 22.3 Å². The van der Waals surface area contributed by atoms with Gasteiger partial charge in [-0.1, -0.05) is 42.5 Å². The molecule has 0 atom stereocenters. The van der Waals surface area contributed by atoms with Crippen molar-refractivity contribution in [2.24, 2.45) is 0 Å². The van der Waals surface area contributed by atoms with Gasteiger partial charge in [-0.2, -0.15) is 0 Å². The number of nitrogens with one attached hydrogen (secondary N) is 1. The third-order valence-corrected chi connectivity index (χ3v) is 4.96. The molecule has 7 nitrogen and oxygen atoms in total. The predicted molar refractivity (Wildman–Crippen MR) is 113 cm³/mol. The summed E-state index contributed by atoms with van der Waals surface area (Å²) in [7, 11) is 0. The van der Waals surface area contributed by atoms with E-state index in [1.807, 2.05) is 49.4 Å². The largest absolute Gasteiger partial charge is 0.350 e. The van der Waals surface area contributed by atoms with Gasteiger partial charge in [0.15, 0.2) is 6.29 Å². The average molecular weight is 406 g/mol. The SMILES string of the molecule is Cc1cccc(-n2nc(C(=O)NCCC3OCCO3)nc2CCc2ccccc2)c1. The van der Waals surface area contributed by atoms with Crippen LogP contribution >= 0.6 is 0 Å². The molecule has 4 rings (SSSR count). The minimum absolute atomic E-state index is 0.174. The second-order valence-corrected chi connectivity index (χ2v) is 7.30. The number of hydrogen-bond donors (Lipinski definition) is 1. The lowest BCUT2D eigenvalue weighted by Gasteiger charge is -2.08. The first-order chi connectivity index (χ1) is 14.7. The maximum Gasteiger partial charge on any atom is 0.290 e. The Morgan fingerprint density at radius 2 is 1.90 bits per heavy atom. The highest BCUT2D eigenvalue weighted by molar-refractivity contribution is 5.90. The van der Waals surface area contributed by atoms with Crippen LogP contribution in [0.2, 0.25) is 0 Å². The normalized spacial score (nSPS) is 14.2. The first-order valence-corrected chi connectivity index (χ1v) is 10.3. The van der Waals surface area contributed by atoms with Gasteiger partial charge in [-0.05, 0) is 36.6 Å². The fourth-order valence-electron chi connectivity index (χ4n) is 3.43. The molecule has 0 spiro atoms. The van der Waals surface area contributed by atoms with Crippen LogP contribution in [0, 0.1) is 6.92 Å². The van der Waals surface area contributed by atoms with Gasteiger partial charge in [0.05, 0.1) is 18.9 Å². The van der Waals surface area contributed by atoms with Crippen LogP contribution in [0.15, 0.2) is 54.6 Å². The number of aromatic nitrogens is 3. The number of carbonyl (C=O) groups is 1. The highest BCUT2D eigenvalue weighted by Crippen LogP contribution is 2.15. The fourth-order valence-corrected chi connectivity index (χ4v) is 3.43. The summed E-state index contributed by atoms with van der Waals surface area (Å²) in [5.74, 6) is 0.644. The lowest BCUT2D eigenvalue weighted by Crippen LogP contribution is -2.28. The monoisotopic (exact) mass is 406 g/mol. The van der Waals surface area contributed by atoms with Gasteiger partial charge in [0.2, 0.25) is 5.82 Å². The molecule has 3 aromatic rings. The summed E-state index contributed by atoms with van der Waals surface area (Å²) < 4.78 is 12.6. The predicted octanol–water partition coefficient (Wildman–Crippen LogP) is 2.85. The zero-order valence-corrected chi connectivity index (χ0v) is 17.1. The molecule has 1 amide bonds. The van der Waals surface area contributed by atoms with Gasteiger partial charge in [-0.3, -0.25) is 4.79 Å². The second-order valence-electron chi connectivity index (χ2n) is 7.30. The Morgan fingerprint density at radius 3 is 2.67 bits per heavy atom. The minimum atomic E-state index is -0.291. The zero-order valence-electron chi connectivity index (χ0n) is 17.1. The van der Waals surface area contributed by atoms with Gasteiger partial charge in [0.25, 0.3) is 5.91 Å². The molecule has 2 aromatic carbocycles.